The van der Waals surface area contributed by atoms with Crippen molar-refractivity contribution >= 4 is 10.9 Å². The van der Waals surface area contributed by atoms with Crippen molar-refractivity contribution in [2.75, 3.05) is 0 Å². The number of aromatic nitrogens is 2. The van der Waals surface area contributed by atoms with Crippen molar-refractivity contribution in [1.29, 1.82) is 0 Å². The van der Waals surface area contributed by atoms with E-state index < -0.39 is 0 Å². The standard InChI is InChI=1S/C8H6N2O.C2H6.CH4/c11-7-3-1-2-6-4-9-5-10-8(6)7;1-2;/h1-5,11H;1-2H3;1H4. The van der Waals surface area contributed by atoms with Gasteiger partial charge in [-0.3, -0.25) is 0 Å². The first-order valence-corrected chi connectivity index (χ1v) is 4.25. The third kappa shape index (κ3) is 2.42. The van der Waals surface area contributed by atoms with E-state index in [1.165, 1.54) is 6.33 Å². The maximum Gasteiger partial charge on any atom is 0.141 e. The Kier molecular flexibility index (Phi) is 5.22. The van der Waals surface area contributed by atoms with Gasteiger partial charge in [0.2, 0.25) is 0 Å². The Bertz CT molecular complexity index is 382. The summed E-state index contributed by atoms with van der Waals surface area (Å²) in [5, 5.41) is 10.1. The molecule has 0 aliphatic carbocycles. The molecule has 1 heterocycles. The summed E-state index contributed by atoms with van der Waals surface area (Å²) in [5.74, 6) is 0.199. The van der Waals surface area contributed by atoms with E-state index in [1.54, 1.807) is 18.3 Å². The molecule has 0 atom stereocenters. The minimum atomic E-state index is 0. The number of fused-ring (bicyclic) bond motifs is 1. The lowest BCUT2D eigenvalue weighted by Gasteiger charge is -1.96. The second-order valence-electron chi connectivity index (χ2n) is 2.24. The molecule has 76 valence electrons. The zero-order valence-corrected chi connectivity index (χ0v) is 7.73. The number of phenols is 1. The van der Waals surface area contributed by atoms with Crippen molar-refractivity contribution in [3.63, 3.8) is 0 Å². The summed E-state index contributed by atoms with van der Waals surface area (Å²) in [6, 6.07) is 5.23. The Labute approximate surface area is 84.5 Å². The molecule has 2 aromatic rings. The number of hydrogen-bond donors (Lipinski definition) is 1. The largest absolute Gasteiger partial charge is 0.506 e. The highest BCUT2D eigenvalue weighted by molar-refractivity contribution is 5.82. The van der Waals surface area contributed by atoms with Crippen LogP contribution in [0.4, 0.5) is 0 Å². The Balaban J connectivity index is 0.000000531. The van der Waals surface area contributed by atoms with E-state index in [9.17, 15) is 5.11 Å². The summed E-state index contributed by atoms with van der Waals surface area (Å²) in [6.07, 6.45) is 3.09. The van der Waals surface area contributed by atoms with Gasteiger partial charge in [-0.05, 0) is 6.07 Å². The van der Waals surface area contributed by atoms with Crippen LogP contribution in [0.25, 0.3) is 10.9 Å². The fourth-order valence-corrected chi connectivity index (χ4v) is 0.998. The summed E-state index contributed by atoms with van der Waals surface area (Å²) in [4.78, 5) is 7.75. The molecule has 14 heavy (non-hydrogen) atoms. The van der Waals surface area contributed by atoms with Gasteiger partial charge < -0.3 is 5.11 Å². The fraction of sp³-hybridized carbons (Fsp3) is 0.273. The van der Waals surface area contributed by atoms with Gasteiger partial charge >= 0.3 is 0 Å². The van der Waals surface area contributed by atoms with Crippen LogP contribution in [0.3, 0.4) is 0 Å². The molecule has 1 N–H and O–H groups in total. The highest BCUT2D eigenvalue weighted by Crippen LogP contribution is 2.19. The van der Waals surface area contributed by atoms with Crippen LogP contribution in [0.5, 0.6) is 5.75 Å². The normalized spacial score (nSPS) is 8.43. The number of nitrogens with zero attached hydrogens (tertiary/aromatic N) is 2. The lowest BCUT2D eigenvalue weighted by Crippen LogP contribution is -1.79. The molecule has 0 unspecified atom stereocenters. The van der Waals surface area contributed by atoms with E-state index in [4.69, 9.17) is 0 Å². The van der Waals surface area contributed by atoms with Crippen LogP contribution in [0, 0.1) is 0 Å². The zero-order chi connectivity index (χ0) is 9.68. The zero-order valence-electron chi connectivity index (χ0n) is 7.73. The maximum absolute atomic E-state index is 9.28. The predicted octanol–water partition coefficient (Wildman–Crippen LogP) is 3.00. The summed E-state index contributed by atoms with van der Waals surface area (Å²) in [5.41, 5.74) is 0.600. The van der Waals surface area contributed by atoms with Gasteiger partial charge in [0.1, 0.15) is 17.6 Å². The van der Waals surface area contributed by atoms with Gasteiger partial charge in [-0.1, -0.05) is 33.4 Å². The summed E-state index contributed by atoms with van der Waals surface area (Å²) in [6.45, 7) is 4.00. The van der Waals surface area contributed by atoms with Crippen molar-refractivity contribution < 1.29 is 5.11 Å². The monoisotopic (exact) mass is 192 g/mol. The van der Waals surface area contributed by atoms with Crippen molar-refractivity contribution in [3.05, 3.63) is 30.7 Å². The fourth-order valence-electron chi connectivity index (χ4n) is 0.998. The minimum Gasteiger partial charge on any atom is -0.506 e. The molecule has 0 fully saturated rings. The molecule has 1 aromatic carbocycles. The van der Waals surface area contributed by atoms with Crippen LogP contribution < -0.4 is 0 Å². The molecule has 0 spiro atoms. The van der Waals surface area contributed by atoms with E-state index in [2.05, 4.69) is 9.97 Å². The average Bonchev–Trinajstić information content (AvgIpc) is 2.22. The molecule has 0 bridgehead atoms. The molecule has 0 saturated heterocycles. The molecule has 1 aromatic heterocycles. The molecule has 3 heteroatoms. The van der Waals surface area contributed by atoms with Gasteiger partial charge in [0.05, 0.1) is 0 Å². The third-order valence-corrected chi connectivity index (χ3v) is 1.51. The van der Waals surface area contributed by atoms with Gasteiger partial charge in [0.25, 0.3) is 0 Å². The molecule has 0 saturated carbocycles. The summed E-state index contributed by atoms with van der Waals surface area (Å²) in [7, 11) is 0. The second kappa shape index (κ2) is 5.91. The lowest BCUT2D eigenvalue weighted by molar-refractivity contribution is 0.480. The minimum absolute atomic E-state index is 0. The number of phenolic OH excluding ortho intramolecular Hbond substituents is 1. The molecular weight excluding hydrogens is 176 g/mol. The lowest BCUT2D eigenvalue weighted by atomic mass is 10.2. The van der Waals surface area contributed by atoms with Gasteiger partial charge in [0, 0.05) is 11.6 Å². The Morgan fingerprint density at radius 2 is 1.93 bits per heavy atom. The third-order valence-electron chi connectivity index (χ3n) is 1.51. The topological polar surface area (TPSA) is 46.0 Å². The molecule has 0 aliphatic heterocycles. The molecule has 2 rings (SSSR count). The first kappa shape index (κ1) is 12.4. The van der Waals surface area contributed by atoms with Crippen LogP contribution in [0.1, 0.15) is 21.3 Å². The quantitative estimate of drug-likeness (QED) is 0.698. The summed E-state index contributed by atoms with van der Waals surface area (Å²) >= 11 is 0. The molecule has 0 aliphatic rings. The first-order valence-electron chi connectivity index (χ1n) is 4.25. The second-order valence-corrected chi connectivity index (χ2v) is 2.24. The number of aromatic hydroxyl groups is 1. The first-order chi connectivity index (χ1) is 6.38. The van der Waals surface area contributed by atoms with Gasteiger partial charge in [0.15, 0.2) is 0 Å². The van der Waals surface area contributed by atoms with Gasteiger partial charge in [-0.2, -0.15) is 0 Å². The molecule has 0 amide bonds. The summed E-state index contributed by atoms with van der Waals surface area (Å²) < 4.78 is 0. The van der Waals surface area contributed by atoms with Crippen molar-refractivity contribution in [2.24, 2.45) is 0 Å². The van der Waals surface area contributed by atoms with Gasteiger partial charge in [-0.15, -0.1) is 0 Å². The Hall–Kier alpha value is -1.64. The SMILES string of the molecule is C.CC.Oc1cccc2cncnc12. The molecular formula is C11H16N2O. The van der Waals surface area contributed by atoms with Crippen molar-refractivity contribution in [1.82, 2.24) is 9.97 Å². The van der Waals surface area contributed by atoms with Crippen LogP contribution in [0.2, 0.25) is 0 Å². The van der Waals surface area contributed by atoms with Crippen LogP contribution in [-0.2, 0) is 0 Å². The van der Waals surface area contributed by atoms with Gasteiger partial charge in [-0.25, -0.2) is 9.97 Å². The number of rotatable bonds is 0. The average molecular weight is 192 g/mol. The number of benzene rings is 1. The van der Waals surface area contributed by atoms with E-state index in [0.29, 0.717) is 5.52 Å². The van der Waals surface area contributed by atoms with E-state index in [-0.39, 0.29) is 13.2 Å². The smallest absolute Gasteiger partial charge is 0.141 e. The number of hydrogen-bond acceptors (Lipinski definition) is 3. The van der Waals surface area contributed by atoms with Crippen molar-refractivity contribution in [2.45, 2.75) is 21.3 Å². The van der Waals surface area contributed by atoms with E-state index >= 15 is 0 Å². The Morgan fingerprint density at radius 3 is 2.57 bits per heavy atom. The van der Waals surface area contributed by atoms with E-state index in [0.717, 1.165) is 5.39 Å². The van der Waals surface area contributed by atoms with Crippen molar-refractivity contribution in [3.8, 4) is 5.75 Å². The van der Waals surface area contributed by atoms with Crippen LogP contribution >= 0.6 is 0 Å². The molecule has 3 nitrogen and oxygen atoms in total. The number of para-hydroxylation sites is 1. The maximum atomic E-state index is 9.28. The highest BCUT2D eigenvalue weighted by Gasteiger charge is 1.97. The highest BCUT2D eigenvalue weighted by atomic mass is 16.3. The van der Waals surface area contributed by atoms with Crippen LogP contribution in [0.15, 0.2) is 30.7 Å². The predicted molar refractivity (Wildman–Crippen MR) is 59.3 cm³/mol. The Morgan fingerprint density at radius 1 is 1.21 bits per heavy atom. The van der Waals surface area contributed by atoms with Crippen LogP contribution in [-0.4, -0.2) is 15.1 Å². The molecule has 0 radical (unpaired) electrons. The van der Waals surface area contributed by atoms with E-state index in [1.807, 2.05) is 19.9 Å².